The highest BCUT2D eigenvalue weighted by atomic mass is 79.9. The van der Waals surface area contributed by atoms with Gasteiger partial charge in [0.15, 0.2) is 0 Å². The molecule has 1 aliphatic rings. The lowest BCUT2D eigenvalue weighted by Gasteiger charge is -2.10. The quantitative estimate of drug-likeness (QED) is 0.877. The Bertz CT molecular complexity index is 403. The first-order chi connectivity index (χ1) is 8.74. The number of amides is 1. The van der Waals surface area contributed by atoms with Gasteiger partial charge < -0.3 is 10.6 Å². The molecule has 4 heteroatoms. The maximum atomic E-state index is 11.7. The van der Waals surface area contributed by atoms with Gasteiger partial charge in [0.05, 0.1) is 0 Å². The Morgan fingerprint density at radius 2 is 2.39 bits per heavy atom. The van der Waals surface area contributed by atoms with E-state index in [1.165, 1.54) is 12.8 Å². The van der Waals surface area contributed by atoms with Crippen LogP contribution in [-0.2, 0) is 11.3 Å². The summed E-state index contributed by atoms with van der Waals surface area (Å²) in [7, 11) is 0. The van der Waals surface area contributed by atoms with Crippen molar-refractivity contribution in [3.05, 3.63) is 34.3 Å². The maximum absolute atomic E-state index is 11.7. The molecule has 18 heavy (non-hydrogen) atoms. The van der Waals surface area contributed by atoms with Crippen molar-refractivity contribution in [1.29, 1.82) is 0 Å². The summed E-state index contributed by atoms with van der Waals surface area (Å²) < 4.78 is 1.05. The van der Waals surface area contributed by atoms with Crippen LogP contribution in [0.3, 0.4) is 0 Å². The average molecular weight is 311 g/mol. The van der Waals surface area contributed by atoms with Crippen LogP contribution in [0.5, 0.6) is 0 Å². The van der Waals surface area contributed by atoms with Crippen molar-refractivity contribution in [3.8, 4) is 0 Å². The van der Waals surface area contributed by atoms with Gasteiger partial charge >= 0.3 is 0 Å². The highest BCUT2D eigenvalue weighted by Gasteiger charge is 2.14. The van der Waals surface area contributed by atoms with E-state index < -0.39 is 0 Å². The lowest BCUT2D eigenvalue weighted by Crippen LogP contribution is -2.27. The molecule has 1 amide bonds. The van der Waals surface area contributed by atoms with Crippen molar-refractivity contribution < 1.29 is 4.79 Å². The minimum absolute atomic E-state index is 0.142. The Balaban J connectivity index is 1.68. The van der Waals surface area contributed by atoms with Gasteiger partial charge in [-0.25, -0.2) is 0 Å². The highest BCUT2D eigenvalue weighted by molar-refractivity contribution is 9.10. The molecule has 1 fully saturated rings. The summed E-state index contributed by atoms with van der Waals surface area (Å²) in [5, 5.41) is 6.37. The summed E-state index contributed by atoms with van der Waals surface area (Å²) >= 11 is 3.42. The molecule has 2 rings (SSSR count). The van der Waals surface area contributed by atoms with Crippen LogP contribution in [0.1, 0.15) is 31.2 Å². The van der Waals surface area contributed by atoms with E-state index in [1.807, 2.05) is 24.3 Å². The van der Waals surface area contributed by atoms with E-state index in [1.54, 1.807) is 0 Å². The first-order valence-corrected chi connectivity index (χ1v) is 7.28. The standard InChI is InChI=1S/C14H19BrN2O/c15-12-4-1-3-11(9-12)10-17-14(18)7-6-13-5-2-8-16-13/h1,3-4,9,13,16H,2,5-8,10H2,(H,17,18). The van der Waals surface area contributed by atoms with Crippen molar-refractivity contribution in [2.75, 3.05) is 6.54 Å². The summed E-state index contributed by atoms with van der Waals surface area (Å²) in [6.45, 7) is 1.71. The second-order valence-corrected chi connectivity index (χ2v) is 5.65. The molecule has 1 saturated heterocycles. The molecule has 1 aromatic carbocycles. The molecule has 0 saturated carbocycles. The van der Waals surface area contributed by atoms with E-state index in [2.05, 4.69) is 26.6 Å². The van der Waals surface area contributed by atoms with Crippen LogP contribution in [-0.4, -0.2) is 18.5 Å². The lowest BCUT2D eigenvalue weighted by atomic mass is 10.1. The predicted molar refractivity (Wildman–Crippen MR) is 76.2 cm³/mol. The van der Waals surface area contributed by atoms with Gasteiger partial charge in [0.1, 0.15) is 0 Å². The van der Waals surface area contributed by atoms with Gasteiger partial charge in [-0.3, -0.25) is 4.79 Å². The minimum Gasteiger partial charge on any atom is -0.352 e. The number of benzene rings is 1. The Kier molecular flexibility index (Phi) is 5.20. The van der Waals surface area contributed by atoms with Gasteiger partial charge in [-0.1, -0.05) is 28.1 Å². The van der Waals surface area contributed by atoms with E-state index in [0.29, 0.717) is 19.0 Å². The van der Waals surface area contributed by atoms with Crippen LogP contribution in [0.25, 0.3) is 0 Å². The highest BCUT2D eigenvalue weighted by Crippen LogP contribution is 2.12. The number of carbonyl (C=O) groups excluding carboxylic acids is 1. The molecular formula is C14H19BrN2O. The summed E-state index contributed by atoms with van der Waals surface area (Å²) in [6.07, 6.45) is 4.01. The van der Waals surface area contributed by atoms with Crippen LogP contribution < -0.4 is 10.6 Å². The van der Waals surface area contributed by atoms with Crippen LogP contribution in [0.4, 0.5) is 0 Å². The predicted octanol–water partition coefficient (Wildman–Crippen LogP) is 2.60. The van der Waals surface area contributed by atoms with E-state index >= 15 is 0 Å². The van der Waals surface area contributed by atoms with Gasteiger partial charge in [0, 0.05) is 23.5 Å². The summed E-state index contributed by atoms with van der Waals surface area (Å²) in [4.78, 5) is 11.7. The fourth-order valence-corrected chi connectivity index (χ4v) is 2.69. The Hall–Kier alpha value is -0.870. The maximum Gasteiger partial charge on any atom is 0.220 e. The topological polar surface area (TPSA) is 41.1 Å². The van der Waals surface area contributed by atoms with Crippen molar-refractivity contribution in [2.45, 2.75) is 38.3 Å². The molecule has 0 radical (unpaired) electrons. The normalized spacial score (nSPS) is 18.8. The Morgan fingerprint density at radius 1 is 1.50 bits per heavy atom. The van der Waals surface area contributed by atoms with Gasteiger partial charge in [-0.2, -0.15) is 0 Å². The fraction of sp³-hybridized carbons (Fsp3) is 0.500. The third-order valence-corrected chi connectivity index (χ3v) is 3.75. The number of nitrogens with one attached hydrogen (secondary N) is 2. The zero-order valence-electron chi connectivity index (χ0n) is 10.4. The molecule has 1 atom stereocenters. The number of rotatable bonds is 5. The zero-order valence-corrected chi connectivity index (χ0v) is 12.0. The number of hydrogen-bond donors (Lipinski definition) is 2. The van der Waals surface area contributed by atoms with Crippen molar-refractivity contribution in [1.82, 2.24) is 10.6 Å². The first-order valence-electron chi connectivity index (χ1n) is 6.48. The van der Waals surface area contributed by atoms with Gasteiger partial charge in [0.2, 0.25) is 5.91 Å². The van der Waals surface area contributed by atoms with E-state index in [-0.39, 0.29) is 5.91 Å². The van der Waals surface area contributed by atoms with Crippen LogP contribution in [0.2, 0.25) is 0 Å². The second-order valence-electron chi connectivity index (χ2n) is 4.74. The van der Waals surface area contributed by atoms with Gasteiger partial charge in [-0.15, -0.1) is 0 Å². The third-order valence-electron chi connectivity index (χ3n) is 3.26. The molecule has 1 unspecified atom stereocenters. The number of halogens is 1. The van der Waals surface area contributed by atoms with Crippen LogP contribution in [0.15, 0.2) is 28.7 Å². The third kappa shape index (κ3) is 4.42. The van der Waals surface area contributed by atoms with Crippen molar-refractivity contribution in [3.63, 3.8) is 0 Å². The largest absolute Gasteiger partial charge is 0.352 e. The molecule has 0 spiro atoms. The molecule has 0 aliphatic carbocycles. The van der Waals surface area contributed by atoms with Crippen LogP contribution >= 0.6 is 15.9 Å². The monoisotopic (exact) mass is 310 g/mol. The molecule has 98 valence electrons. The fourth-order valence-electron chi connectivity index (χ4n) is 2.24. The summed E-state index contributed by atoms with van der Waals surface area (Å²) in [5.41, 5.74) is 1.12. The molecular weight excluding hydrogens is 292 g/mol. The molecule has 1 heterocycles. The molecule has 3 nitrogen and oxygen atoms in total. The number of carbonyl (C=O) groups is 1. The molecule has 0 bridgehead atoms. The Morgan fingerprint density at radius 3 is 3.11 bits per heavy atom. The lowest BCUT2D eigenvalue weighted by molar-refractivity contribution is -0.121. The van der Waals surface area contributed by atoms with Gasteiger partial charge in [0.25, 0.3) is 0 Å². The van der Waals surface area contributed by atoms with Crippen molar-refractivity contribution >= 4 is 21.8 Å². The van der Waals surface area contributed by atoms with E-state index in [4.69, 9.17) is 0 Å². The van der Waals surface area contributed by atoms with Gasteiger partial charge in [-0.05, 0) is 43.5 Å². The van der Waals surface area contributed by atoms with Crippen LogP contribution in [0, 0.1) is 0 Å². The second kappa shape index (κ2) is 6.90. The minimum atomic E-state index is 0.142. The first kappa shape index (κ1) is 13.6. The molecule has 1 aromatic rings. The molecule has 0 aromatic heterocycles. The van der Waals surface area contributed by atoms with E-state index in [0.717, 1.165) is 23.0 Å². The Labute approximate surface area is 116 Å². The van der Waals surface area contributed by atoms with Crippen molar-refractivity contribution in [2.24, 2.45) is 0 Å². The summed E-state index contributed by atoms with van der Waals surface area (Å²) in [5.74, 6) is 0.142. The smallest absolute Gasteiger partial charge is 0.220 e. The average Bonchev–Trinajstić information content (AvgIpc) is 2.87. The molecule has 2 N–H and O–H groups in total. The summed E-state index contributed by atoms with van der Waals surface area (Å²) in [6, 6.07) is 8.55. The number of hydrogen-bond acceptors (Lipinski definition) is 2. The zero-order chi connectivity index (χ0) is 12.8. The van der Waals surface area contributed by atoms with E-state index in [9.17, 15) is 4.79 Å². The molecule has 1 aliphatic heterocycles. The SMILES string of the molecule is O=C(CCC1CCCN1)NCc1cccc(Br)c1.